The van der Waals surface area contributed by atoms with Crippen LogP contribution in [0.5, 0.6) is 0 Å². The molecule has 5 heteroatoms. The van der Waals surface area contributed by atoms with Crippen LogP contribution < -0.4 is 5.32 Å². The Balaban J connectivity index is 2.26. The Kier molecular flexibility index (Phi) is 6.12. The summed E-state index contributed by atoms with van der Waals surface area (Å²) in [6, 6.07) is 0. The van der Waals surface area contributed by atoms with Gasteiger partial charge in [-0.3, -0.25) is 9.59 Å². The van der Waals surface area contributed by atoms with Gasteiger partial charge in [-0.15, -0.1) is 0 Å². The fraction of sp³-hybridized carbons (Fsp3) is 0.846. The zero-order valence-corrected chi connectivity index (χ0v) is 11.7. The fourth-order valence-corrected chi connectivity index (χ4v) is 2.23. The van der Waals surface area contributed by atoms with Crippen molar-refractivity contribution >= 4 is 11.8 Å². The van der Waals surface area contributed by atoms with E-state index in [4.69, 9.17) is 0 Å². The lowest BCUT2D eigenvalue weighted by atomic mass is 9.97. The van der Waals surface area contributed by atoms with Crippen molar-refractivity contribution in [1.82, 2.24) is 15.1 Å². The molecule has 1 fully saturated rings. The lowest BCUT2D eigenvalue weighted by molar-refractivity contribution is -0.133. The molecule has 0 radical (unpaired) electrons. The first-order valence-corrected chi connectivity index (χ1v) is 6.68. The molecule has 5 nitrogen and oxygen atoms in total. The van der Waals surface area contributed by atoms with Crippen LogP contribution in [-0.4, -0.2) is 61.9 Å². The maximum Gasteiger partial charge on any atom is 0.224 e. The average molecular weight is 255 g/mol. The zero-order chi connectivity index (χ0) is 13.5. The van der Waals surface area contributed by atoms with Crippen molar-refractivity contribution in [3.63, 3.8) is 0 Å². The summed E-state index contributed by atoms with van der Waals surface area (Å²) >= 11 is 0. The molecule has 18 heavy (non-hydrogen) atoms. The van der Waals surface area contributed by atoms with Crippen LogP contribution in [0.1, 0.15) is 26.2 Å². The summed E-state index contributed by atoms with van der Waals surface area (Å²) in [4.78, 5) is 27.1. The van der Waals surface area contributed by atoms with Crippen molar-refractivity contribution in [2.45, 2.75) is 26.2 Å². The third kappa shape index (κ3) is 5.04. The number of amides is 2. The maximum atomic E-state index is 11.9. The predicted molar refractivity (Wildman–Crippen MR) is 71.2 cm³/mol. The van der Waals surface area contributed by atoms with Gasteiger partial charge in [-0.2, -0.15) is 0 Å². The van der Waals surface area contributed by atoms with E-state index in [0.717, 1.165) is 32.4 Å². The molecular formula is C13H25N3O2. The molecule has 1 heterocycles. The van der Waals surface area contributed by atoms with Crippen LogP contribution in [0.15, 0.2) is 0 Å². The van der Waals surface area contributed by atoms with Gasteiger partial charge < -0.3 is 15.1 Å². The van der Waals surface area contributed by atoms with E-state index in [-0.39, 0.29) is 17.7 Å². The van der Waals surface area contributed by atoms with E-state index >= 15 is 0 Å². The number of rotatable bonds is 5. The Morgan fingerprint density at radius 1 is 1.39 bits per heavy atom. The number of piperidine rings is 1. The number of likely N-dealkylation sites (tertiary alicyclic amines) is 1. The number of hydrogen-bond acceptors (Lipinski definition) is 3. The molecule has 0 aromatic heterocycles. The molecule has 0 saturated carbocycles. The Labute approximate surface area is 110 Å². The molecule has 1 saturated heterocycles. The maximum absolute atomic E-state index is 11.9. The monoisotopic (exact) mass is 255 g/mol. The summed E-state index contributed by atoms with van der Waals surface area (Å²) in [7, 11) is 4.04. The van der Waals surface area contributed by atoms with Crippen LogP contribution >= 0.6 is 0 Å². The van der Waals surface area contributed by atoms with Crippen LogP contribution in [0.4, 0.5) is 0 Å². The Morgan fingerprint density at radius 2 is 2.11 bits per heavy atom. The van der Waals surface area contributed by atoms with Gasteiger partial charge in [-0.1, -0.05) is 0 Å². The summed E-state index contributed by atoms with van der Waals surface area (Å²) in [5.41, 5.74) is 0. The molecular weight excluding hydrogens is 230 g/mol. The second kappa shape index (κ2) is 7.36. The van der Waals surface area contributed by atoms with E-state index in [1.165, 1.54) is 0 Å². The summed E-state index contributed by atoms with van der Waals surface area (Å²) in [5.74, 6) is 0.141. The van der Waals surface area contributed by atoms with Gasteiger partial charge in [-0.05, 0) is 39.9 Å². The molecule has 1 aliphatic rings. The van der Waals surface area contributed by atoms with Crippen molar-refractivity contribution < 1.29 is 9.59 Å². The normalized spacial score (nSPS) is 20.0. The molecule has 2 amide bonds. The second-order valence-corrected chi connectivity index (χ2v) is 5.25. The Morgan fingerprint density at radius 3 is 2.72 bits per heavy atom. The molecule has 0 bridgehead atoms. The lowest BCUT2D eigenvalue weighted by Gasteiger charge is -2.31. The van der Waals surface area contributed by atoms with Crippen molar-refractivity contribution in [2.75, 3.05) is 40.3 Å². The number of carbonyl (C=O) groups excluding carboxylic acids is 2. The van der Waals surface area contributed by atoms with Gasteiger partial charge in [0, 0.05) is 26.6 Å². The van der Waals surface area contributed by atoms with Crippen molar-refractivity contribution in [3.05, 3.63) is 0 Å². The van der Waals surface area contributed by atoms with Gasteiger partial charge in [0.05, 0.1) is 5.92 Å². The van der Waals surface area contributed by atoms with E-state index < -0.39 is 0 Å². The first-order valence-electron chi connectivity index (χ1n) is 6.68. The zero-order valence-electron chi connectivity index (χ0n) is 11.7. The highest BCUT2D eigenvalue weighted by Gasteiger charge is 2.26. The Bertz CT molecular complexity index is 292. The molecule has 1 atom stereocenters. The van der Waals surface area contributed by atoms with Gasteiger partial charge in [0.25, 0.3) is 0 Å². The highest BCUT2D eigenvalue weighted by atomic mass is 16.2. The van der Waals surface area contributed by atoms with Crippen molar-refractivity contribution in [3.8, 4) is 0 Å². The van der Waals surface area contributed by atoms with Gasteiger partial charge in [-0.25, -0.2) is 0 Å². The largest absolute Gasteiger partial charge is 0.356 e. The van der Waals surface area contributed by atoms with Crippen LogP contribution in [-0.2, 0) is 9.59 Å². The van der Waals surface area contributed by atoms with Gasteiger partial charge >= 0.3 is 0 Å². The predicted octanol–water partition coefficient (Wildman–Crippen LogP) is 0.313. The van der Waals surface area contributed by atoms with E-state index in [2.05, 4.69) is 10.2 Å². The van der Waals surface area contributed by atoms with Crippen LogP contribution in [0.3, 0.4) is 0 Å². The van der Waals surface area contributed by atoms with Crippen molar-refractivity contribution in [2.24, 2.45) is 5.92 Å². The van der Waals surface area contributed by atoms with E-state index in [1.54, 1.807) is 11.8 Å². The molecule has 104 valence electrons. The average Bonchev–Trinajstić information content (AvgIpc) is 2.34. The molecule has 1 N–H and O–H groups in total. The van der Waals surface area contributed by atoms with Crippen LogP contribution in [0.25, 0.3) is 0 Å². The molecule has 0 spiro atoms. The lowest BCUT2D eigenvalue weighted by Crippen LogP contribution is -2.45. The van der Waals surface area contributed by atoms with Gasteiger partial charge in [0.1, 0.15) is 0 Å². The summed E-state index contributed by atoms with van der Waals surface area (Å²) in [6.45, 7) is 4.63. The van der Waals surface area contributed by atoms with Crippen molar-refractivity contribution in [1.29, 1.82) is 0 Å². The van der Waals surface area contributed by atoms with Crippen LogP contribution in [0, 0.1) is 5.92 Å². The number of nitrogens with zero attached hydrogens (tertiary/aromatic N) is 2. The van der Waals surface area contributed by atoms with Gasteiger partial charge in [0.2, 0.25) is 11.8 Å². The SMILES string of the molecule is CC(=O)N1CCCC(C(=O)NCCCN(C)C)C1. The number of hydrogen-bond donors (Lipinski definition) is 1. The highest BCUT2D eigenvalue weighted by Crippen LogP contribution is 2.16. The molecule has 1 unspecified atom stereocenters. The molecule has 1 rings (SSSR count). The van der Waals surface area contributed by atoms with E-state index in [1.807, 2.05) is 14.1 Å². The standard InChI is InChI=1S/C13H25N3O2/c1-11(17)16-9-4-6-12(10-16)13(18)14-7-5-8-15(2)3/h12H,4-10H2,1-3H3,(H,14,18). The number of carbonyl (C=O) groups is 2. The van der Waals surface area contributed by atoms with Gasteiger partial charge in [0.15, 0.2) is 0 Å². The summed E-state index contributed by atoms with van der Waals surface area (Å²) in [5, 5.41) is 2.96. The number of nitrogens with one attached hydrogen (secondary N) is 1. The minimum Gasteiger partial charge on any atom is -0.356 e. The molecule has 0 aromatic carbocycles. The molecule has 1 aliphatic heterocycles. The molecule has 0 aromatic rings. The first kappa shape index (κ1) is 15.0. The minimum atomic E-state index is -0.0259. The first-order chi connectivity index (χ1) is 8.50. The van der Waals surface area contributed by atoms with E-state index in [9.17, 15) is 9.59 Å². The smallest absolute Gasteiger partial charge is 0.224 e. The quantitative estimate of drug-likeness (QED) is 0.720. The highest BCUT2D eigenvalue weighted by molar-refractivity contribution is 5.80. The topological polar surface area (TPSA) is 52.7 Å². The molecule has 0 aliphatic carbocycles. The fourth-order valence-electron chi connectivity index (χ4n) is 2.23. The third-order valence-corrected chi connectivity index (χ3v) is 3.32. The Hall–Kier alpha value is -1.10. The second-order valence-electron chi connectivity index (χ2n) is 5.25. The summed E-state index contributed by atoms with van der Waals surface area (Å²) in [6.07, 6.45) is 2.78. The van der Waals surface area contributed by atoms with Crippen LogP contribution in [0.2, 0.25) is 0 Å². The van der Waals surface area contributed by atoms with E-state index in [0.29, 0.717) is 13.1 Å². The summed E-state index contributed by atoms with van der Waals surface area (Å²) < 4.78 is 0. The minimum absolute atomic E-state index is 0.0259. The third-order valence-electron chi connectivity index (χ3n) is 3.32.